The summed E-state index contributed by atoms with van der Waals surface area (Å²) in [4.78, 5) is 0. The minimum atomic E-state index is -3.21. The summed E-state index contributed by atoms with van der Waals surface area (Å²) in [6, 6.07) is 0.315. The van der Waals surface area contributed by atoms with E-state index in [9.17, 15) is 8.42 Å². The molecule has 0 aromatic heterocycles. The minimum Gasteiger partial charge on any atom is -0.313 e. The Morgan fingerprint density at radius 2 is 1.71 bits per heavy atom. The molecule has 1 aliphatic carbocycles. The van der Waals surface area contributed by atoms with Gasteiger partial charge in [-0.3, -0.25) is 0 Å². The highest BCUT2D eigenvalue weighted by Crippen LogP contribution is 2.29. The second kappa shape index (κ2) is 5.67. The van der Waals surface area contributed by atoms with Gasteiger partial charge in [0, 0.05) is 18.1 Å². The number of sulfonamides is 1. The lowest BCUT2D eigenvalue weighted by Crippen LogP contribution is -2.49. The molecule has 1 unspecified atom stereocenters. The van der Waals surface area contributed by atoms with Gasteiger partial charge in [-0.15, -0.1) is 0 Å². The summed E-state index contributed by atoms with van der Waals surface area (Å²) in [7, 11) is -3.21. The van der Waals surface area contributed by atoms with Crippen molar-refractivity contribution in [2.45, 2.75) is 70.2 Å². The number of nitrogens with one attached hydrogen (secondary N) is 2. The third-order valence-electron chi connectivity index (χ3n) is 3.44. The van der Waals surface area contributed by atoms with Crippen LogP contribution in [0.1, 0.15) is 53.4 Å². The molecule has 17 heavy (non-hydrogen) atoms. The number of hydrogen-bond donors (Lipinski definition) is 2. The molecule has 0 aliphatic heterocycles. The van der Waals surface area contributed by atoms with Gasteiger partial charge >= 0.3 is 0 Å². The van der Waals surface area contributed by atoms with E-state index in [1.165, 1.54) is 0 Å². The quantitative estimate of drug-likeness (QED) is 0.765. The molecular formula is C12H26N2O2S. The van der Waals surface area contributed by atoms with Crippen LogP contribution in [0.3, 0.4) is 0 Å². The van der Waals surface area contributed by atoms with Crippen LogP contribution in [-0.4, -0.2) is 31.8 Å². The van der Waals surface area contributed by atoms with Gasteiger partial charge in [-0.05, 0) is 26.7 Å². The van der Waals surface area contributed by atoms with Crippen LogP contribution in [0.25, 0.3) is 0 Å². The second-order valence-electron chi connectivity index (χ2n) is 5.79. The van der Waals surface area contributed by atoms with Crippen LogP contribution < -0.4 is 10.0 Å². The lowest BCUT2D eigenvalue weighted by atomic mass is 10.0. The van der Waals surface area contributed by atoms with Crippen molar-refractivity contribution < 1.29 is 8.42 Å². The first-order valence-corrected chi connectivity index (χ1v) is 8.06. The third-order valence-corrected chi connectivity index (χ3v) is 5.44. The van der Waals surface area contributed by atoms with Crippen LogP contribution in [-0.2, 0) is 10.0 Å². The zero-order valence-corrected chi connectivity index (χ0v) is 12.2. The van der Waals surface area contributed by atoms with Gasteiger partial charge in [0.15, 0.2) is 0 Å². The van der Waals surface area contributed by atoms with E-state index in [1.54, 1.807) is 6.92 Å². The van der Waals surface area contributed by atoms with Crippen molar-refractivity contribution in [3.05, 3.63) is 0 Å². The van der Waals surface area contributed by atoms with Crippen molar-refractivity contribution in [3.63, 3.8) is 0 Å². The lowest BCUT2D eigenvalue weighted by molar-refractivity contribution is 0.422. The van der Waals surface area contributed by atoms with E-state index in [1.807, 2.05) is 20.8 Å². The molecule has 0 spiro atoms. The molecule has 0 amide bonds. The molecular weight excluding hydrogens is 236 g/mol. The van der Waals surface area contributed by atoms with Gasteiger partial charge in [-0.25, -0.2) is 13.1 Å². The predicted octanol–water partition coefficient (Wildman–Crippen LogP) is 1.62. The van der Waals surface area contributed by atoms with E-state index in [2.05, 4.69) is 10.0 Å². The van der Waals surface area contributed by atoms with Crippen molar-refractivity contribution in [3.8, 4) is 0 Å². The van der Waals surface area contributed by atoms with Gasteiger partial charge < -0.3 is 5.32 Å². The normalized spacial score (nSPS) is 21.9. The first-order valence-electron chi connectivity index (χ1n) is 6.51. The van der Waals surface area contributed by atoms with Gasteiger partial charge in [0.05, 0.1) is 5.25 Å². The third kappa shape index (κ3) is 4.56. The van der Waals surface area contributed by atoms with Crippen LogP contribution in [0, 0.1) is 0 Å². The maximum absolute atomic E-state index is 12.2. The van der Waals surface area contributed by atoms with E-state index in [-0.39, 0.29) is 10.8 Å². The summed E-state index contributed by atoms with van der Waals surface area (Å²) in [5.41, 5.74) is -0.217. The summed E-state index contributed by atoms with van der Waals surface area (Å²) < 4.78 is 27.2. The zero-order chi connectivity index (χ0) is 13.1. The van der Waals surface area contributed by atoms with Gasteiger partial charge in [0.2, 0.25) is 10.0 Å². The van der Waals surface area contributed by atoms with Crippen molar-refractivity contribution in [2.75, 3.05) is 6.54 Å². The standard InChI is InChI=1S/C12H26N2O2S/c1-10(2)13-9-11(3)17(15,16)14-12(4)7-5-6-8-12/h10-11,13-14H,5-9H2,1-4H3. The monoisotopic (exact) mass is 262 g/mol. The molecule has 0 radical (unpaired) electrons. The molecule has 0 saturated heterocycles. The van der Waals surface area contributed by atoms with E-state index in [0.29, 0.717) is 12.6 Å². The Bertz CT molecular complexity index is 332. The average molecular weight is 262 g/mol. The summed E-state index contributed by atoms with van der Waals surface area (Å²) in [6.45, 7) is 8.31. The zero-order valence-electron chi connectivity index (χ0n) is 11.4. The fourth-order valence-electron chi connectivity index (χ4n) is 2.21. The Morgan fingerprint density at radius 3 is 2.18 bits per heavy atom. The van der Waals surface area contributed by atoms with E-state index in [4.69, 9.17) is 0 Å². The first-order chi connectivity index (χ1) is 7.75. The van der Waals surface area contributed by atoms with Crippen molar-refractivity contribution in [1.82, 2.24) is 10.0 Å². The largest absolute Gasteiger partial charge is 0.313 e. The van der Waals surface area contributed by atoms with Crippen LogP contribution in [0.2, 0.25) is 0 Å². The number of hydrogen-bond acceptors (Lipinski definition) is 3. The van der Waals surface area contributed by atoms with Crippen LogP contribution in [0.15, 0.2) is 0 Å². The van der Waals surface area contributed by atoms with E-state index >= 15 is 0 Å². The molecule has 102 valence electrons. The first kappa shape index (κ1) is 14.9. The smallest absolute Gasteiger partial charge is 0.215 e. The molecule has 1 saturated carbocycles. The minimum absolute atomic E-state index is 0.217. The summed E-state index contributed by atoms with van der Waals surface area (Å²) in [5, 5.41) is 2.78. The van der Waals surface area contributed by atoms with Crippen LogP contribution in [0.5, 0.6) is 0 Å². The Morgan fingerprint density at radius 1 is 1.18 bits per heavy atom. The highest BCUT2D eigenvalue weighted by Gasteiger charge is 2.34. The molecule has 1 rings (SSSR count). The van der Waals surface area contributed by atoms with Crippen molar-refractivity contribution >= 4 is 10.0 Å². The number of rotatable bonds is 6. The maximum atomic E-state index is 12.2. The van der Waals surface area contributed by atoms with Crippen molar-refractivity contribution in [2.24, 2.45) is 0 Å². The molecule has 5 heteroatoms. The molecule has 1 atom stereocenters. The SMILES string of the molecule is CC(C)NCC(C)S(=O)(=O)NC1(C)CCCC1. The summed E-state index contributed by atoms with van der Waals surface area (Å²) in [5.74, 6) is 0. The van der Waals surface area contributed by atoms with Gasteiger partial charge in [0.25, 0.3) is 0 Å². The molecule has 2 N–H and O–H groups in total. The van der Waals surface area contributed by atoms with Gasteiger partial charge in [-0.1, -0.05) is 26.7 Å². The highest BCUT2D eigenvalue weighted by atomic mass is 32.2. The summed E-state index contributed by atoms with van der Waals surface area (Å²) in [6.07, 6.45) is 4.16. The van der Waals surface area contributed by atoms with Gasteiger partial charge in [0.1, 0.15) is 0 Å². The Hall–Kier alpha value is -0.130. The van der Waals surface area contributed by atoms with Gasteiger partial charge in [-0.2, -0.15) is 0 Å². The lowest BCUT2D eigenvalue weighted by Gasteiger charge is -2.27. The molecule has 1 aliphatic rings. The molecule has 0 bridgehead atoms. The summed E-state index contributed by atoms with van der Waals surface area (Å²) >= 11 is 0. The van der Waals surface area contributed by atoms with Crippen LogP contribution in [0.4, 0.5) is 0 Å². The van der Waals surface area contributed by atoms with Crippen molar-refractivity contribution in [1.29, 1.82) is 0 Å². The fourth-order valence-corrected chi connectivity index (χ4v) is 3.62. The molecule has 0 aromatic rings. The Kier molecular flexibility index (Phi) is 4.98. The highest BCUT2D eigenvalue weighted by molar-refractivity contribution is 7.90. The molecule has 0 heterocycles. The second-order valence-corrected chi connectivity index (χ2v) is 7.89. The maximum Gasteiger partial charge on any atom is 0.215 e. The topological polar surface area (TPSA) is 58.2 Å². The average Bonchev–Trinajstić information content (AvgIpc) is 2.59. The Balaban J connectivity index is 2.55. The fraction of sp³-hybridized carbons (Fsp3) is 1.00. The van der Waals surface area contributed by atoms with E-state index in [0.717, 1.165) is 25.7 Å². The molecule has 0 aromatic carbocycles. The predicted molar refractivity (Wildman–Crippen MR) is 71.5 cm³/mol. The van der Waals surface area contributed by atoms with E-state index < -0.39 is 10.0 Å². The van der Waals surface area contributed by atoms with Crippen LogP contribution >= 0.6 is 0 Å². The molecule has 1 fully saturated rings. The molecule has 4 nitrogen and oxygen atoms in total. The Labute approximate surface area is 106 Å².